The number of thiocarbonyl (C=S) groups is 1. The molecule has 1 unspecified atom stereocenters. The van der Waals surface area contributed by atoms with Crippen molar-refractivity contribution in [3.63, 3.8) is 0 Å². The van der Waals surface area contributed by atoms with Crippen molar-refractivity contribution in [2.24, 2.45) is 5.73 Å². The Kier molecular flexibility index (Phi) is 6.17. The molecule has 1 saturated heterocycles. The maximum atomic E-state index is 12.1. The summed E-state index contributed by atoms with van der Waals surface area (Å²) in [5, 5.41) is 2.82. The summed E-state index contributed by atoms with van der Waals surface area (Å²) in [7, 11) is 1.73. The van der Waals surface area contributed by atoms with Crippen molar-refractivity contribution in [1.29, 1.82) is 0 Å². The quantitative estimate of drug-likeness (QED) is 0.633. The minimum Gasteiger partial charge on any atom is -0.393 e. The van der Waals surface area contributed by atoms with Crippen molar-refractivity contribution in [2.75, 3.05) is 33.2 Å². The summed E-state index contributed by atoms with van der Waals surface area (Å²) in [6.07, 6.45) is 1.23. The summed E-state index contributed by atoms with van der Waals surface area (Å²) in [5.74, 6) is -0.00302. The molecule has 0 aliphatic carbocycles. The third kappa shape index (κ3) is 4.76. The summed E-state index contributed by atoms with van der Waals surface area (Å²) in [6.45, 7) is 4.03. The smallest absolute Gasteiger partial charge is 0.237 e. The van der Waals surface area contributed by atoms with Crippen molar-refractivity contribution in [1.82, 2.24) is 15.1 Å². The summed E-state index contributed by atoms with van der Waals surface area (Å²) < 4.78 is 0. The van der Waals surface area contributed by atoms with E-state index in [1.54, 1.807) is 11.9 Å². The lowest BCUT2D eigenvalue weighted by Crippen LogP contribution is -2.57. The van der Waals surface area contributed by atoms with Gasteiger partial charge in [-0.05, 0) is 6.42 Å². The highest BCUT2D eigenvalue weighted by Gasteiger charge is 2.29. The van der Waals surface area contributed by atoms with Crippen molar-refractivity contribution in [3.8, 4) is 0 Å². The van der Waals surface area contributed by atoms with Gasteiger partial charge in [-0.25, -0.2) is 0 Å². The van der Waals surface area contributed by atoms with Crippen LogP contribution in [0, 0.1) is 0 Å². The Bertz CT molecular complexity index is 362. The first-order valence-corrected chi connectivity index (χ1v) is 6.90. The van der Waals surface area contributed by atoms with Crippen LogP contribution < -0.4 is 11.1 Å². The normalized spacial score (nSPS) is 19.9. The fourth-order valence-electron chi connectivity index (χ4n) is 2.09. The predicted molar refractivity (Wildman–Crippen MR) is 77.7 cm³/mol. The summed E-state index contributed by atoms with van der Waals surface area (Å²) in [5.41, 5.74) is 5.42. The highest BCUT2D eigenvalue weighted by molar-refractivity contribution is 7.80. The molecule has 0 radical (unpaired) electrons. The van der Waals surface area contributed by atoms with Crippen molar-refractivity contribution in [2.45, 2.75) is 25.8 Å². The zero-order valence-electron chi connectivity index (χ0n) is 11.5. The number of piperazine rings is 1. The van der Waals surface area contributed by atoms with Crippen LogP contribution >= 0.6 is 12.2 Å². The third-order valence-electron chi connectivity index (χ3n) is 3.29. The molecule has 19 heavy (non-hydrogen) atoms. The van der Waals surface area contributed by atoms with Crippen LogP contribution in [0.1, 0.15) is 19.8 Å². The lowest BCUT2D eigenvalue weighted by molar-refractivity contribution is -0.135. The first kappa shape index (κ1) is 15.8. The molecular formula is C12H22N4O2S. The van der Waals surface area contributed by atoms with Gasteiger partial charge in [-0.1, -0.05) is 19.1 Å². The van der Waals surface area contributed by atoms with Gasteiger partial charge in [0.2, 0.25) is 11.8 Å². The van der Waals surface area contributed by atoms with E-state index in [-0.39, 0.29) is 24.4 Å². The van der Waals surface area contributed by atoms with Gasteiger partial charge in [0.25, 0.3) is 0 Å². The van der Waals surface area contributed by atoms with Gasteiger partial charge in [0, 0.05) is 33.1 Å². The molecule has 3 N–H and O–H groups in total. The van der Waals surface area contributed by atoms with Crippen LogP contribution in [0.15, 0.2) is 0 Å². The molecule has 0 aromatic heterocycles. The predicted octanol–water partition coefficient (Wildman–Crippen LogP) is -0.669. The summed E-state index contributed by atoms with van der Waals surface area (Å²) >= 11 is 4.79. The number of nitrogens with one attached hydrogen (secondary N) is 1. The monoisotopic (exact) mass is 286 g/mol. The van der Waals surface area contributed by atoms with Gasteiger partial charge < -0.3 is 16.0 Å². The topological polar surface area (TPSA) is 78.7 Å². The molecule has 1 heterocycles. The molecule has 0 aromatic rings. The van der Waals surface area contributed by atoms with Crippen LogP contribution in [0.4, 0.5) is 0 Å². The van der Waals surface area contributed by atoms with Gasteiger partial charge in [-0.15, -0.1) is 0 Å². The molecule has 1 fully saturated rings. The Labute approximate surface area is 119 Å². The Balaban J connectivity index is 2.50. The van der Waals surface area contributed by atoms with E-state index in [1.165, 1.54) is 0 Å². The van der Waals surface area contributed by atoms with Gasteiger partial charge >= 0.3 is 0 Å². The van der Waals surface area contributed by atoms with Gasteiger partial charge in [0.1, 0.15) is 0 Å². The Morgan fingerprint density at radius 1 is 1.63 bits per heavy atom. The minimum absolute atomic E-state index is 0.00680. The number of hydrogen-bond acceptors (Lipinski definition) is 4. The zero-order valence-corrected chi connectivity index (χ0v) is 12.3. The molecule has 0 bridgehead atoms. The molecule has 0 saturated carbocycles. The molecular weight excluding hydrogens is 264 g/mol. The third-order valence-corrected chi connectivity index (χ3v) is 3.49. The summed E-state index contributed by atoms with van der Waals surface area (Å²) in [4.78, 5) is 27.7. The standard InChI is InChI=1S/C12H22N4O2S/c1-3-9-12(18)14-5-7-16(9)8-11(17)15(2)6-4-10(13)19/h9H,3-8H2,1-2H3,(H2,13,19)(H,14,18). The molecule has 6 nitrogen and oxygen atoms in total. The maximum Gasteiger partial charge on any atom is 0.237 e. The first-order valence-electron chi connectivity index (χ1n) is 6.49. The van der Waals surface area contributed by atoms with Gasteiger partial charge in [0.15, 0.2) is 0 Å². The van der Waals surface area contributed by atoms with Crippen LogP contribution in [-0.2, 0) is 9.59 Å². The molecule has 0 spiro atoms. The van der Waals surface area contributed by atoms with E-state index in [2.05, 4.69) is 5.32 Å². The van der Waals surface area contributed by atoms with Gasteiger partial charge in [-0.2, -0.15) is 0 Å². The molecule has 1 atom stereocenters. The molecule has 1 rings (SSSR count). The van der Waals surface area contributed by atoms with Crippen LogP contribution in [0.3, 0.4) is 0 Å². The number of rotatable bonds is 6. The largest absolute Gasteiger partial charge is 0.393 e. The van der Waals surface area contributed by atoms with E-state index in [4.69, 9.17) is 18.0 Å². The fourth-order valence-corrected chi connectivity index (χ4v) is 2.18. The maximum absolute atomic E-state index is 12.1. The second-order valence-electron chi connectivity index (χ2n) is 4.72. The number of amides is 2. The highest BCUT2D eigenvalue weighted by Crippen LogP contribution is 2.08. The fraction of sp³-hybridized carbons (Fsp3) is 0.750. The van der Waals surface area contributed by atoms with Gasteiger partial charge in [-0.3, -0.25) is 14.5 Å². The van der Waals surface area contributed by atoms with E-state index < -0.39 is 0 Å². The Morgan fingerprint density at radius 3 is 2.89 bits per heavy atom. The van der Waals surface area contributed by atoms with Gasteiger partial charge in [0.05, 0.1) is 17.6 Å². The second kappa shape index (κ2) is 7.40. The number of carbonyl (C=O) groups excluding carboxylic acids is 2. The van der Waals surface area contributed by atoms with E-state index in [0.717, 1.165) is 0 Å². The number of carbonyl (C=O) groups is 2. The van der Waals surface area contributed by atoms with E-state index in [0.29, 0.717) is 37.5 Å². The van der Waals surface area contributed by atoms with Crippen LogP contribution in [0.25, 0.3) is 0 Å². The zero-order chi connectivity index (χ0) is 14.4. The average Bonchev–Trinajstić information content (AvgIpc) is 2.36. The van der Waals surface area contributed by atoms with Crippen LogP contribution in [0.2, 0.25) is 0 Å². The highest BCUT2D eigenvalue weighted by atomic mass is 32.1. The number of likely N-dealkylation sites (N-methyl/N-ethyl adjacent to an activating group) is 1. The SMILES string of the molecule is CCC1C(=O)NCCN1CC(=O)N(C)CCC(N)=S. The molecule has 2 amide bonds. The molecule has 1 aliphatic rings. The average molecular weight is 286 g/mol. The molecule has 108 valence electrons. The number of nitrogens with two attached hydrogens (primary N) is 1. The minimum atomic E-state index is -0.207. The molecule has 0 aromatic carbocycles. The van der Waals surface area contributed by atoms with E-state index in [9.17, 15) is 9.59 Å². The van der Waals surface area contributed by atoms with Crippen molar-refractivity contribution in [3.05, 3.63) is 0 Å². The lowest BCUT2D eigenvalue weighted by atomic mass is 10.1. The molecule has 7 heteroatoms. The Morgan fingerprint density at radius 2 is 2.32 bits per heavy atom. The van der Waals surface area contributed by atoms with Crippen LogP contribution in [-0.4, -0.2) is 65.9 Å². The Hall–Kier alpha value is -1.21. The van der Waals surface area contributed by atoms with E-state index in [1.807, 2.05) is 11.8 Å². The summed E-state index contributed by atoms with van der Waals surface area (Å²) in [6, 6.07) is -0.207. The van der Waals surface area contributed by atoms with Crippen molar-refractivity contribution >= 4 is 29.0 Å². The van der Waals surface area contributed by atoms with Crippen molar-refractivity contribution < 1.29 is 9.59 Å². The number of hydrogen-bond donors (Lipinski definition) is 2. The second-order valence-corrected chi connectivity index (χ2v) is 5.24. The lowest BCUT2D eigenvalue weighted by Gasteiger charge is -2.34. The number of nitrogens with zero attached hydrogens (tertiary/aromatic N) is 2. The molecule has 1 aliphatic heterocycles. The van der Waals surface area contributed by atoms with Crippen LogP contribution in [0.5, 0.6) is 0 Å². The first-order chi connectivity index (χ1) is 8.95. The van der Waals surface area contributed by atoms with E-state index >= 15 is 0 Å².